The van der Waals surface area contributed by atoms with Crippen LogP contribution in [0, 0.1) is 0 Å². The lowest BCUT2D eigenvalue weighted by Gasteiger charge is -2.42. The summed E-state index contributed by atoms with van der Waals surface area (Å²) in [4.78, 5) is 4.31. The smallest absolute Gasteiger partial charge is 0.137 e. The third-order valence-electron chi connectivity index (χ3n) is 4.10. The zero-order valence-corrected chi connectivity index (χ0v) is 13.2. The molecule has 1 saturated heterocycles. The lowest BCUT2D eigenvalue weighted by molar-refractivity contribution is -0.110. The van der Waals surface area contributed by atoms with Crippen LogP contribution < -0.4 is 10.1 Å². The van der Waals surface area contributed by atoms with Crippen LogP contribution in [0.15, 0.2) is 18.5 Å². The number of hydrogen-bond acceptors (Lipinski definition) is 5. The Bertz CT molecular complexity index is 433. The average molecular weight is 294 g/mol. The minimum atomic E-state index is -0.252. The highest BCUT2D eigenvalue weighted by atomic mass is 16.5. The Morgan fingerprint density at radius 1 is 1.38 bits per heavy atom. The molecule has 21 heavy (non-hydrogen) atoms. The van der Waals surface area contributed by atoms with Crippen LogP contribution in [0.3, 0.4) is 0 Å². The van der Waals surface area contributed by atoms with Crippen LogP contribution in [0.2, 0.25) is 0 Å². The minimum absolute atomic E-state index is 0.0732. The van der Waals surface area contributed by atoms with E-state index in [-0.39, 0.29) is 11.6 Å². The van der Waals surface area contributed by atoms with Gasteiger partial charge in [0.1, 0.15) is 5.75 Å². The molecule has 1 fully saturated rings. The number of likely N-dealkylation sites (N-methyl/N-ethyl adjacent to an activating group) is 1. The van der Waals surface area contributed by atoms with Crippen molar-refractivity contribution < 1.29 is 14.2 Å². The number of ether oxygens (including phenoxy) is 3. The molecular weight excluding hydrogens is 268 g/mol. The first-order valence-electron chi connectivity index (χ1n) is 7.63. The standard InChI is InChI=1S/C16H26N2O3/c1-4-7-21-14-10-13(11-18-12-14)15(17-2)16(19-3)5-8-20-9-6-16/h10-12,15,17H,4-9H2,1-3H3. The molecule has 1 aliphatic heterocycles. The molecule has 1 unspecified atom stereocenters. The first-order valence-corrected chi connectivity index (χ1v) is 7.63. The third kappa shape index (κ3) is 3.73. The van der Waals surface area contributed by atoms with Crippen molar-refractivity contribution in [2.75, 3.05) is 34.0 Å². The molecule has 0 aliphatic carbocycles. The summed E-state index contributed by atoms with van der Waals surface area (Å²) in [5, 5.41) is 3.39. The zero-order valence-electron chi connectivity index (χ0n) is 13.2. The van der Waals surface area contributed by atoms with Gasteiger partial charge in [-0.15, -0.1) is 0 Å². The molecular formula is C16H26N2O3. The van der Waals surface area contributed by atoms with Gasteiger partial charge in [0.05, 0.1) is 24.4 Å². The van der Waals surface area contributed by atoms with Crippen LogP contribution in [0.4, 0.5) is 0 Å². The van der Waals surface area contributed by atoms with Gasteiger partial charge in [-0.3, -0.25) is 4.98 Å². The van der Waals surface area contributed by atoms with Crippen molar-refractivity contribution >= 4 is 0 Å². The van der Waals surface area contributed by atoms with Crippen LogP contribution in [0.5, 0.6) is 5.75 Å². The van der Waals surface area contributed by atoms with Crippen LogP contribution in [0.1, 0.15) is 37.8 Å². The molecule has 0 spiro atoms. The zero-order chi connectivity index (χ0) is 15.1. The molecule has 0 aromatic carbocycles. The molecule has 0 amide bonds. The predicted octanol–water partition coefficient (Wildman–Crippen LogP) is 2.33. The molecule has 1 aliphatic rings. The van der Waals surface area contributed by atoms with Crippen molar-refractivity contribution in [1.82, 2.24) is 10.3 Å². The highest BCUT2D eigenvalue weighted by Gasteiger charge is 2.41. The van der Waals surface area contributed by atoms with Gasteiger partial charge in [0, 0.05) is 39.4 Å². The van der Waals surface area contributed by atoms with E-state index in [0.717, 1.165) is 43.8 Å². The van der Waals surface area contributed by atoms with Crippen molar-refractivity contribution in [1.29, 1.82) is 0 Å². The Morgan fingerprint density at radius 3 is 2.76 bits per heavy atom. The van der Waals surface area contributed by atoms with Gasteiger partial charge in [0.25, 0.3) is 0 Å². The number of nitrogens with zero attached hydrogens (tertiary/aromatic N) is 1. The van der Waals surface area contributed by atoms with Gasteiger partial charge >= 0.3 is 0 Å². The van der Waals surface area contributed by atoms with Gasteiger partial charge in [0.2, 0.25) is 0 Å². The summed E-state index contributed by atoms with van der Waals surface area (Å²) >= 11 is 0. The molecule has 2 rings (SSSR count). The van der Waals surface area contributed by atoms with E-state index in [4.69, 9.17) is 14.2 Å². The molecule has 1 aromatic heterocycles. The summed E-state index contributed by atoms with van der Waals surface area (Å²) in [6.07, 6.45) is 6.37. The second-order valence-corrected chi connectivity index (χ2v) is 5.41. The van der Waals surface area contributed by atoms with Crippen molar-refractivity contribution in [3.63, 3.8) is 0 Å². The first-order chi connectivity index (χ1) is 10.3. The Morgan fingerprint density at radius 2 is 2.14 bits per heavy atom. The second-order valence-electron chi connectivity index (χ2n) is 5.41. The van der Waals surface area contributed by atoms with E-state index >= 15 is 0 Å². The maximum atomic E-state index is 5.90. The van der Waals surface area contributed by atoms with Gasteiger partial charge in [-0.25, -0.2) is 0 Å². The molecule has 118 valence electrons. The van der Waals surface area contributed by atoms with Gasteiger partial charge in [0.15, 0.2) is 0 Å². The Labute approximate surface area is 127 Å². The molecule has 0 bridgehead atoms. The maximum absolute atomic E-state index is 5.90. The number of rotatable bonds is 7. The monoisotopic (exact) mass is 294 g/mol. The van der Waals surface area contributed by atoms with Crippen LogP contribution >= 0.6 is 0 Å². The average Bonchev–Trinajstić information content (AvgIpc) is 2.55. The fourth-order valence-electron chi connectivity index (χ4n) is 2.95. The normalized spacial score (nSPS) is 19.2. The van der Waals surface area contributed by atoms with E-state index < -0.39 is 0 Å². The predicted molar refractivity (Wildman–Crippen MR) is 81.6 cm³/mol. The van der Waals surface area contributed by atoms with E-state index in [1.54, 1.807) is 13.3 Å². The van der Waals surface area contributed by atoms with E-state index in [2.05, 4.69) is 23.3 Å². The van der Waals surface area contributed by atoms with Gasteiger partial charge in [-0.1, -0.05) is 6.92 Å². The van der Waals surface area contributed by atoms with Crippen molar-refractivity contribution in [2.45, 2.75) is 37.8 Å². The van der Waals surface area contributed by atoms with Gasteiger partial charge in [-0.05, 0) is 25.1 Å². The quantitative estimate of drug-likeness (QED) is 0.836. The number of aromatic nitrogens is 1. The summed E-state index contributed by atoms with van der Waals surface area (Å²) in [6, 6.07) is 2.13. The maximum Gasteiger partial charge on any atom is 0.137 e. The number of methoxy groups -OCH3 is 1. The number of pyridine rings is 1. The highest BCUT2D eigenvalue weighted by molar-refractivity contribution is 5.28. The largest absolute Gasteiger partial charge is 0.492 e. The lowest BCUT2D eigenvalue weighted by Crippen LogP contribution is -2.48. The molecule has 5 heteroatoms. The Kier molecular flexibility index (Phi) is 5.96. The summed E-state index contributed by atoms with van der Waals surface area (Å²) in [7, 11) is 3.74. The Balaban J connectivity index is 2.23. The van der Waals surface area contributed by atoms with E-state index in [1.807, 2.05) is 13.2 Å². The van der Waals surface area contributed by atoms with Crippen molar-refractivity contribution in [2.24, 2.45) is 0 Å². The van der Waals surface area contributed by atoms with E-state index in [9.17, 15) is 0 Å². The van der Waals surface area contributed by atoms with Crippen molar-refractivity contribution in [3.05, 3.63) is 24.0 Å². The van der Waals surface area contributed by atoms with Crippen LogP contribution in [0.25, 0.3) is 0 Å². The number of nitrogens with one attached hydrogen (secondary N) is 1. The summed E-state index contributed by atoms with van der Waals surface area (Å²) in [5.41, 5.74) is 0.841. The first kappa shape index (κ1) is 16.2. The lowest BCUT2D eigenvalue weighted by atomic mass is 9.82. The molecule has 1 atom stereocenters. The molecule has 1 N–H and O–H groups in total. The minimum Gasteiger partial charge on any atom is -0.492 e. The Hall–Kier alpha value is -1.17. The van der Waals surface area contributed by atoms with Gasteiger partial charge in [-0.2, -0.15) is 0 Å². The van der Waals surface area contributed by atoms with E-state index in [1.165, 1.54) is 0 Å². The summed E-state index contributed by atoms with van der Waals surface area (Å²) in [6.45, 7) is 4.26. The highest BCUT2D eigenvalue weighted by Crippen LogP contribution is 2.37. The van der Waals surface area contributed by atoms with E-state index in [0.29, 0.717) is 6.61 Å². The summed E-state index contributed by atoms with van der Waals surface area (Å²) < 4.78 is 17.1. The second kappa shape index (κ2) is 7.73. The summed E-state index contributed by atoms with van der Waals surface area (Å²) in [5.74, 6) is 0.813. The third-order valence-corrected chi connectivity index (χ3v) is 4.10. The molecule has 0 radical (unpaired) electrons. The van der Waals surface area contributed by atoms with Crippen LogP contribution in [-0.2, 0) is 9.47 Å². The van der Waals surface area contributed by atoms with Gasteiger partial charge < -0.3 is 19.5 Å². The fraction of sp³-hybridized carbons (Fsp3) is 0.688. The molecule has 5 nitrogen and oxygen atoms in total. The topological polar surface area (TPSA) is 52.6 Å². The fourth-order valence-corrected chi connectivity index (χ4v) is 2.95. The molecule has 0 saturated carbocycles. The number of hydrogen-bond donors (Lipinski definition) is 1. The van der Waals surface area contributed by atoms with Crippen LogP contribution in [-0.4, -0.2) is 44.6 Å². The van der Waals surface area contributed by atoms with Crippen molar-refractivity contribution in [3.8, 4) is 5.75 Å². The molecule has 1 aromatic rings. The SMILES string of the molecule is CCCOc1cncc(C(NC)C2(OC)CCOCC2)c1. The molecule has 2 heterocycles.